The van der Waals surface area contributed by atoms with Crippen LogP contribution in [-0.4, -0.2) is 38.3 Å². The number of aromatic nitrogens is 1. The Morgan fingerprint density at radius 1 is 1.38 bits per heavy atom. The Labute approximate surface area is 129 Å². The SMILES string of the molecule is C=CCN(CCOC)c1cc(CNCCC)cc(CC)n1. The fraction of sp³-hybridized carbons (Fsp3) is 0.588. The molecule has 0 radical (unpaired) electrons. The number of methoxy groups -OCH3 is 1. The van der Waals surface area contributed by atoms with Gasteiger partial charge in [-0.3, -0.25) is 0 Å². The summed E-state index contributed by atoms with van der Waals surface area (Å²) in [6.07, 6.45) is 4.00. The fourth-order valence-electron chi connectivity index (χ4n) is 2.14. The number of ether oxygens (including phenoxy) is 1. The van der Waals surface area contributed by atoms with Gasteiger partial charge < -0.3 is 15.0 Å². The monoisotopic (exact) mass is 291 g/mol. The van der Waals surface area contributed by atoms with E-state index in [1.165, 1.54) is 5.56 Å². The summed E-state index contributed by atoms with van der Waals surface area (Å²) in [6.45, 7) is 12.4. The van der Waals surface area contributed by atoms with Gasteiger partial charge >= 0.3 is 0 Å². The van der Waals surface area contributed by atoms with Crippen LogP contribution in [0.2, 0.25) is 0 Å². The molecule has 0 amide bonds. The topological polar surface area (TPSA) is 37.4 Å². The first-order valence-corrected chi connectivity index (χ1v) is 7.80. The van der Waals surface area contributed by atoms with Crippen LogP contribution in [0.25, 0.3) is 0 Å². The Morgan fingerprint density at radius 3 is 2.81 bits per heavy atom. The molecule has 4 heteroatoms. The van der Waals surface area contributed by atoms with Crippen LogP contribution in [0.3, 0.4) is 0 Å². The maximum Gasteiger partial charge on any atom is 0.129 e. The Bertz CT molecular complexity index is 420. The fourth-order valence-corrected chi connectivity index (χ4v) is 2.14. The van der Waals surface area contributed by atoms with E-state index >= 15 is 0 Å². The molecular formula is C17H29N3O. The van der Waals surface area contributed by atoms with Crippen LogP contribution in [0.4, 0.5) is 5.82 Å². The third kappa shape index (κ3) is 6.27. The zero-order chi connectivity index (χ0) is 15.5. The van der Waals surface area contributed by atoms with Crippen molar-refractivity contribution in [1.29, 1.82) is 0 Å². The van der Waals surface area contributed by atoms with Crippen molar-refractivity contribution < 1.29 is 4.74 Å². The Kier molecular flexibility index (Phi) is 8.71. The maximum absolute atomic E-state index is 5.19. The second-order valence-electron chi connectivity index (χ2n) is 5.08. The number of aryl methyl sites for hydroxylation is 1. The summed E-state index contributed by atoms with van der Waals surface area (Å²) in [5.41, 5.74) is 2.42. The Morgan fingerprint density at radius 2 is 2.19 bits per heavy atom. The average molecular weight is 291 g/mol. The molecule has 0 aliphatic rings. The van der Waals surface area contributed by atoms with Gasteiger partial charge in [0.25, 0.3) is 0 Å². The van der Waals surface area contributed by atoms with E-state index in [4.69, 9.17) is 9.72 Å². The van der Waals surface area contributed by atoms with Gasteiger partial charge in [0.15, 0.2) is 0 Å². The van der Waals surface area contributed by atoms with Crippen molar-refractivity contribution in [3.8, 4) is 0 Å². The number of rotatable bonds is 11. The summed E-state index contributed by atoms with van der Waals surface area (Å²) >= 11 is 0. The highest BCUT2D eigenvalue weighted by Gasteiger charge is 2.09. The molecule has 21 heavy (non-hydrogen) atoms. The molecule has 0 bridgehead atoms. The van der Waals surface area contributed by atoms with E-state index in [1.54, 1.807) is 7.11 Å². The molecule has 0 spiro atoms. The molecule has 1 heterocycles. The number of anilines is 1. The molecule has 118 valence electrons. The minimum atomic E-state index is 0.690. The smallest absolute Gasteiger partial charge is 0.129 e. The number of hydrogen-bond acceptors (Lipinski definition) is 4. The summed E-state index contributed by atoms with van der Waals surface area (Å²) in [7, 11) is 1.72. The van der Waals surface area contributed by atoms with Crippen molar-refractivity contribution in [3.63, 3.8) is 0 Å². The van der Waals surface area contributed by atoms with Crippen LogP contribution < -0.4 is 10.2 Å². The Balaban J connectivity index is 2.90. The second kappa shape index (κ2) is 10.4. The van der Waals surface area contributed by atoms with Crippen LogP contribution in [0.15, 0.2) is 24.8 Å². The molecule has 0 atom stereocenters. The molecule has 0 saturated carbocycles. The highest BCUT2D eigenvalue weighted by atomic mass is 16.5. The zero-order valence-corrected chi connectivity index (χ0v) is 13.7. The number of nitrogens with one attached hydrogen (secondary N) is 1. The average Bonchev–Trinajstić information content (AvgIpc) is 2.51. The Hall–Kier alpha value is -1.39. The standard InChI is InChI=1S/C17H29N3O/c1-5-8-18-14-15-12-16(7-3)19-17(13-15)20(9-6-2)10-11-21-4/h6,12-13,18H,2,5,7-11,14H2,1,3-4H3. The van der Waals surface area contributed by atoms with Gasteiger partial charge in [0, 0.05) is 32.4 Å². The zero-order valence-electron chi connectivity index (χ0n) is 13.7. The number of pyridine rings is 1. The number of nitrogens with zero attached hydrogens (tertiary/aromatic N) is 2. The molecule has 0 saturated heterocycles. The first-order chi connectivity index (χ1) is 10.2. The summed E-state index contributed by atoms with van der Waals surface area (Å²) in [4.78, 5) is 6.95. The molecule has 0 fully saturated rings. The van der Waals surface area contributed by atoms with Crippen LogP contribution >= 0.6 is 0 Å². The molecular weight excluding hydrogens is 262 g/mol. The summed E-state index contributed by atoms with van der Waals surface area (Å²) in [6, 6.07) is 4.36. The lowest BCUT2D eigenvalue weighted by Crippen LogP contribution is -2.28. The summed E-state index contributed by atoms with van der Waals surface area (Å²) in [5.74, 6) is 1.01. The first kappa shape index (κ1) is 17.7. The summed E-state index contributed by atoms with van der Waals surface area (Å²) in [5, 5.41) is 3.45. The highest BCUT2D eigenvalue weighted by molar-refractivity contribution is 5.43. The predicted octanol–water partition coefficient (Wildman–Crippen LogP) is 2.78. The van der Waals surface area contributed by atoms with E-state index in [0.717, 1.165) is 50.5 Å². The van der Waals surface area contributed by atoms with E-state index < -0.39 is 0 Å². The minimum Gasteiger partial charge on any atom is -0.383 e. The van der Waals surface area contributed by atoms with Crippen LogP contribution in [0, 0.1) is 0 Å². The normalized spacial score (nSPS) is 10.6. The van der Waals surface area contributed by atoms with E-state index in [-0.39, 0.29) is 0 Å². The molecule has 1 N–H and O–H groups in total. The quantitative estimate of drug-likeness (QED) is 0.502. The lowest BCUT2D eigenvalue weighted by Gasteiger charge is -2.23. The van der Waals surface area contributed by atoms with Gasteiger partial charge in [0.05, 0.1) is 6.61 Å². The van der Waals surface area contributed by atoms with Crippen molar-refractivity contribution in [1.82, 2.24) is 10.3 Å². The van der Waals surface area contributed by atoms with Crippen molar-refractivity contribution >= 4 is 5.82 Å². The van der Waals surface area contributed by atoms with Crippen molar-refractivity contribution in [2.45, 2.75) is 33.2 Å². The molecule has 1 rings (SSSR count). The molecule has 1 aromatic rings. The largest absolute Gasteiger partial charge is 0.383 e. The predicted molar refractivity (Wildman–Crippen MR) is 89.9 cm³/mol. The van der Waals surface area contributed by atoms with Gasteiger partial charge in [0.1, 0.15) is 5.82 Å². The van der Waals surface area contributed by atoms with Gasteiger partial charge in [-0.1, -0.05) is 19.9 Å². The minimum absolute atomic E-state index is 0.690. The molecule has 0 aliphatic heterocycles. The van der Waals surface area contributed by atoms with Gasteiger partial charge in [0.2, 0.25) is 0 Å². The third-order valence-electron chi connectivity index (χ3n) is 3.28. The number of hydrogen-bond donors (Lipinski definition) is 1. The van der Waals surface area contributed by atoms with Gasteiger partial charge in [-0.2, -0.15) is 0 Å². The van der Waals surface area contributed by atoms with E-state index in [9.17, 15) is 0 Å². The lowest BCUT2D eigenvalue weighted by molar-refractivity contribution is 0.205. The maximum atomic E-state index is 5.19. The third-order valence-corrected chi connectivity index (χ3v) is 3.28. The van der Waals surface area contributed by atoms with Crippen LogP contribution in [-0.2, 0) is 17.7 Å². The van der Waals surface area contributed by atoms with Gasteiger partial charge in [-0.15, -0.1) is 6.58 Å². The first-order valence-electron chi connectivity index (χ1n) is 7.80. The molecule has 1 aromatic heterocycles. The van der Waals surface area contributed by atoms with Crippen LogP contribution in [0.5, 0.6) is 0 Å². The van der Waals surface area contributed by atoms with E-state index in [2.05, 4.69) is 42.8 Å². The van der Waals surface area contributed by atoms with Crippen molar-refractivity contribution in [2.75, 3.05) is 38.3 Å². The van der Waals surface area contributed by atoms with Crippen LogP contribution in [0.1, 0.15) is 31.5 Å². The van der Waals surface area contributed by atoms with Crippen molar-refractivity contribution in [2.24, 2.45) is 0 Å². The van der Waals surface area contributed by atoms with Gasteiger partial charge in [-0.25, -0.2) is 4.98 Å². The van der Waals surface area contributed by atoms with Gasteiger partial charge in [-0.05, 0) is 37.1 Å². The lowest BCUT2D eigenvalue weighted by atomic mass is 10.2. The van der Waals surface area contributed by atoms with E-state index in [1.807, 2.05) is 6.08 Å². The molecule has 0 aromatic carbocycles. The second-order valence-corrected chi connectivity index (χ2v) is 5.08. The highest BCUT2D eigenvalue weighted by Crippen LogP contribution is 2.16. The molecule has 0 unspecified atom stereocenters. The van der Waals surface area contributed by atoms with Crippen molar-refractivity contribution in [3.05, 3.63) is 36.0 Å². The van der Waals surface area contributed by atoms with E-state index in [0.29, 0.717) is 6.61 Å². The molecule has 4 nitrogen and oxygen atoms in total. The molecule has 0 aliphatic carbocycles. The summed E-state index contributed by atoms with van der Waals surface area (Å²) < 4.78 is 5.19.